The number of rotatable bonds is 6. The molecule has 2 aromatic carbocycles. The molecule has 0 saturated carbocycles. The first kappa shape index (κ1) is 17.7. The molecule has 0 aliphatic heterocycles. The molecule has 24 heavy (non-hydrogen) atoms. The van der Waals surface area contributed by atoms with E-state index in [1.165, 1.54) is 7.11 Å². The molecule has 0 spiro atoms. The van der Waals surface area contributed by atoms with Crippen molar-refractivity contribution in [3.05, 3.63) is 65.7 Å². The standard InChI is InChI=1S/C19H22N2O3/c1-13(2)20-18(22)15-11-7-8-12-16(15)21-19(23)17(24-3)14-9-5-4-6-10-14/h4-13,17H,1-3H3,(H,20,22)(H,21,23)/t17-/m1/s1. The number of hydrogen-bond donors (Lipinski definition) is 2. The minimum Gasteiger partial charge on any atom is -0.367 e. The van der Waals surface area contributed by atoms with E-state index in [9.17, 15) is 9.59 Å². The van der Waals surface area contributed by atoms with E-state index in [0.29, 0.717) is 11.3 Å². The molecule has 5 heteroatoms. The van der Waals surface area contributed by atoms with E-state index in [-0.39, 0.29) is 17.9 Å². The number of nitrogens with one attached hydrogen (secondary N) is 2. The fourth-order valence-corrected chi connectivity index (χ4v) is 2.35. The van der Waals surface area contributed by atoms with Gasteiger partial charge in [0.25, 0.3) is 11.8 Å². The lowest BCUT2D eigenvalue weighted by Gasteiger charge is -2.17. The molecule has 126 valence electrons. The summed E-state index contributed by atoms with van der Waals surface area (Å²) in [6.07, 6.45) is -0.743. The minimum atomic E-state index is -0.743. The van der Waals surface area contributed by atoms with Gasteiger partial charge in [-0.25, -0.2) is 0 Å². The molecule has 2 amide bonds. The first-order valence-electron chi connectivity index (χ1n) is 7.81. The van der Waals surface area contributed by atoms with Crippen LogP contribution >= 0.6 is 0 Å². The number of carbonyl (C=O) groups excluding carboxylic acids is 2. The zero-order valence-electron chi connectivity index (χ0n) is 14.1. The minimum absolute atomic E-state index is 0.0114. The van der Waals surface area contributed by atoms with E-state index in [0.717, 1.165) is 5.56 Å². The van der Waals surface area contributed by atoms with Gasteiger partial charge < -0.3 is 15.4 Å². The van der Waals surface area contributed by atoms with Crippen LogP contribution in [0, 0.1) is 0 Å². The molecule has 0 saturated heterocycles. The quantitative estimate of drug-likeness (QED) is 0.857. The highest BCUT2D eigenvalue weighted by Crippen LogP contribution is 2.21. The fraction of sp³-hybridized carbons (Fsp3) is 0.263. The van der Waals surface area contributed by atoms with Crippen LogP contribution in [-0.2, 0) is 9.53 Å². The van der Waals surface area contributed by atoms with Gasteiger partial charge in [0.15, 0.2) is 6.10 Å². The van der Waals surface area contributed by atoms with Gasteiger partial charge in [-0.1, -0.05) is 42.5 Å². The number of para-hydroxylation sites is 1. The van der Waals surface area contributed by atoms with E-state index < -0.39 is 6.10 Å². The van der Waals surface area contributed by atoms with E-state index in [2.05, 4.69) is 10.6 Å². The Balaban J connectivity index is 2.21. The maximum Gasteiger partial charge on any atom is 0.258 e. The molecular formula is C19H22N2O3. The van der Waals surface area contributed by atoms with Crippen LogP contribution in [0.15, 0.2) is 54.6 Å². The second-order valence-electron chi connectivity index (χ2n) is 5.69. The molecule has 5 nitrogen and oxygen atoms in total. The van der Waals surface area contributed by atoms with E-state index in [1.807, 2.05) is 44.2 Å². The van der Waals surface area contributed by atoms with Crippen molar-refractivity contribution in [2.45, 2.75) is 26.0 Å². The SMILES string of the molecule is CO[C@@H](C(=O)Nc1ccccc1C(=O)NC(C)C)c1ccccc1. The van der Waals surface area contributed by atoms with Gasteiger partial charge in [-0.15, -0.1) is 0 Å². The number of ether oxygens (including phenoxy) is 1. The highest BCUT2D eigenvalue weighted by molar-refractivity contribution is 6.04. The van der Waals surface area contributed by atoms with Gasteiger partial charge in [0.1, 0.15) is 0 Å². The Hall–Kier alpha value is -2.66. The third-order valence-electron chi connectivity index (χ3n) is 3.43. The van der Waals surface area contributed by atoms with Crippen molar-refractivity contribution in [2.75, 3.05) is 12.4 Å². The third kappa shape index (κ3) is 4.43. The predicted octanol–water partition coefficient (Wildman–Crippen LogP) is 3.15. The van der Waals surface area contributed by atoms with Gasteiger partial charge in [0.2, 0.25) is 0 Å². The van der Waals surface area contributed by atoms with Crippen LogP contribution in [0.2, 0.25) is 0 Å². The van der Waals surface area contributed by atoms with Gasteiger partial charge in [-0.3, -0.25) is 9.59 Å². The van der Waals surface area contributed by atoms with Crippen LogP contribution in [0.3, 0.4) is 0 Å². The second-order valence-corrected chi connectivity index (χ2v) is 5.69. The van der Waals surface area contributed by atoms with E-state index in [4.69, 9.17) is 4.74 Å². The molecule has 0 heterocycles. The summed E-state index contributed by atoms with van der Waals surface area (Å²) in [5.41, 5.74) is 1.63. The predicted molar refractivity (Wildman–Crippen MR) is 93.9 cm³/mol. The Morgan fingerprint density at radius 3 is 2.21 bits per heavy atom. The summed E-state index contributed by atoms with van der Waals surface area (Å²) >= 11 is 0. The summed E-state index contributed by atoms with van der Waals surface area (Å²) < 4.78 is 5.32. The molecule has 2 N–H and O–H groups in total. The maximum absolute atomic E-state index is 12.6. The van der Waals surface area contributed by atoms with Crippen LogP contribution in [0.4, 0.5) is 5.69 Å². The molecule has 0 aromatic heterocycles. The Labute approximate surface area is 142 Å². The molecule has 0 radical (unpaired) electrons. The Bertz CT molecular complexity index is 699. The highest BCUT2D eigenvalue weighted by Gasteiger charge is 2.22. The Morgan fingerprint density at radius 2 is 1.58 bits per heavy atom. The first-order chi connectivity index (χ1) is 11.5. The monoisotopic (exact) mass is 326 g/mol. The summed E-state index contributed by atoms with van der Waals surface area (Å²) in [5, 5.41) is 5.62. The van der Waals surface area contributed by atoms with E-state index >= 15 is 0 Å². The lowest BCUT2D eigenvalue weighted by Crippen LogP contribution is -2.31. The van der Waals surface area contributed by atoms with Gasteiger partial charge in [0.05, 0.1) is 11.3 Å². The molecule has 0 aliphatic carbocycles. The Morgan fingerprint density at radius 1 is 0.958 bits per heavy atom. The number of hydrogen-bond acceptors (Lipinski definition) is 3. The highest BCUT2D eigenvalue weighted by atomic mass is 16.5. The zero-order valence-corrected chi connectivity index (χ0v) is 14.1. The van der Waals surface area contributed by atoms with Crippen LogP contribution in [-0.4, -0.2) is 25.0 Å². The van der Waals surface area contributed by atoms with Crippen molar-refractivity contribution in [1.29, 1.82) is 0 Å². The normalized spacial score (nSPS) is 11.8. The second kappa shape index (κ2) is 8.26. The van der Waals surface area contributed by atoms with E-state index in [1.54, 1.807) is 24.3 Å². The average Bonchev–Trinajstić information content (AvgIpc) is 2.56. The molecule has 0 bridgehead atoms. The number of anilines is 1. The largest absolute Gasteiger partial charge is 0.367 e. The van der Waals surface area contributed by atoms with Crippen molar-refractivity contribution >= 4 is 17.5 Å². The number of benzene rings is 2. The fourth-order valence-electron chi connectivity index (χ4n) is 2.35. The third-order valence-corrected chi connectivity index (χ3v) is 3.43. The van der Waals surface area contributed by atoms with Crippen molar-refractivity contribution in [1.82, 2.24) is 5.32 Å². The first-order valence-corrected chi connectivity index (χ1v) is 7.81. The van der Waals surface area contributed by atoms with Crippen molar-refractivity contribution in [3.8, 4) is 0 Å². The molecule has 0 fully saturated rings. The van der Waals surface area contributed by atoms with Gasteiger partial charge in [-0.2, -0.15) is 0 Å². The zero-order chi connectivity index (χ0) is 17.5. The summed E-state index contributed by atoms with van der Waals surface area (Å²) in [6, 6.07) is 16.1. The number of amides is 2. The smallest absolute Gasteiger partial charge is 0.258 e. The Kier molecular flexibility index (Phi) is 6.09. The van der Waals surface area contributed by atoms with Gasteiger partial charge >= 0.3 is 0 Å². The maximum atomic E-state index is 12.6. The molecule has 1 atom stereocenters. The van der Waals surface area contributed by atoms with Crippen LogP contribution in [0.5, 0.6) is 0 Å². The summed E-state index contributed by atoms with van der Waals surface area (Å²) in [5.74, 6) is -0.553. The van der Waals surface area contributed by atoms with Crippen LogP contribution < -0.4 is 10.6 Å². The number of methoxy groups -OCH3 is 1. The van der Waals surface area contributed by atoms with Crippen molar-refractivity contribution < 1.29 is 14.3 Å². The summed E-state index contributed by atoms with van der Waals surface area (Å²) in [7, 11) is 1.48. The lowest BCUT2D eigenvalue weighted by atomic mass is 10.1. The van der Waals surface area contributed by atoms with Gasteiger partial charge in [-0.05, 0) is 31.5 Å². The number of carbonyl (C=O) groups is 2. The topological polar surface area (TPSA) is 67.4 Å². The molecule has 0 unspecified atom stereocenters. The summed E-state index contributed by atoms with van der Waals surface area (Å²) in [4.78, 5) is 24.8. The van der Waals surface area contributed by atoms with Crippen LogP contribution in [0.25, 0.3) is 0 Å². The van der Waals surface area contributed by atoms with Crippen molar-refractivity contribution in [3.63, 3.8) is 0 Å². The average molecular weight is 326 g/mol. The lowest BCUT2D eigenvalue weighted by molar-refractivity contribution is -0.126. The molecular weight excluding hydrogens is 304 g/mol. The molecule has 0 aliphatic rings. The molecule has 2 aromatic rings. The van der Waals surface area contributed by atoms with Gasteiger partial charge in [0, 0.05) is 13.2 Å². The molecule has 2 rings (SSSR count). The van der Waals surface area contributed by atoms with Crippen molar-refractivity contribution in [2.24, 2.45) is 0 Å². The van der Waals surface area contributed by atoms with Crippen LogP contribution in [0.1, 0.15) is 35.9 Å². The summed E-state index contributed by atoms with van der Waals surface area (Å²) in [6.45, 7) is 3.77.